The number of hydrogen-bond donors (Lipinski definition) is 3. The number of hydrogen-bond acceptors (Lipinski definition) is 9. The number of carbonyl (C=O) groups is 2. The van der Waals surface area contributed by atoms with E-state index >= 15 is 0 Å². The Kier molecular flexibility index (Phi) is 37.9. The molecule has 0 aliphatic rings. The van der Waals surface area contributed by atoms with Gasteiger partial charge in [-0.3, -0.25) is 18.6 Å². The SMILES string of the molecule is CC/C=C\C/C=C\C/C=C\C/C=C\CCCCCCC(=O)O[C@H](COC(=O)CCC/C=C\C/C=C\C/C=C\C/C=C\CCC[C@@H](C)O)COP(=O)(O)OCCN. The molecule has 0 aromatic carbocycles. The number of phosphoric acid groups is 1. The smallest absolute Gasteiger partial charge is 0.462 e. The standard InChI is InChI=1S/C45H74NO9P/c1-3-4-5-6-7-8-9-10-11-12-15-19-22-25-28-31-34-37-45(49)55-43(41-54-56(50,51)53-39-38-46)40-52-44(48)36-33-30-27-24-21-18-16-13-14-17-20-23-26-29-32-35-42(2)47/h4-5,7-8,10-11,14-19,23-24,26-27,42-43,47H,3,6,9,12-13,20-22,25,28-41,46H2,1-2H3,(H,50,51)/b5-4-,8-7-,11-10-,17-14-,18-16-,19-15-,26-23-,27-24-/t42-,43-/m1/s1. The molecular weight excluding hydrogens is 729 g/mol. The van der Waals surface area contributed by atoms with Gasteiger partial charge in [0.25, 0.3) is 0 Å². The van der Waals surface area contributed by atoms with E-state index in [0.717, 1.165) is 89.9 Å². The van der Waals surface area contributed by atoms with Crippen LogP contribution in [-0.4, -0.2) is 60.5 Å². The fourth-order valence-electron chi connectivity index (χ4n) is 4.93. The summed E-state index contributed by atoms with van der Waals surface area (Å²) < 4.78 is 32.6. The quantitative estimate of drug-likeness (QED) is 0.0239. The molecule has 0 bridgehead atoms. The van der Waals surface area contributed by atoms with Gasteiger partial charge in [-0.25, -0.2) is 4.57 Å². The van der Waals surface area contributed by atoms with Crippen LogP contribution in [0.15, 0.2) is 97.2 Å². The Bertz CT molecular complexity index is 1250. The molecule has 0 radical (unpaired) electrons. The highest BCUT2D eigenvalue weighted by Crippen LogP contribution is 2.43. The Morgan fingerprint density at radius 2 is 1.07 bits per heavy atom. The Morgan fingerprint density at radius 3 is 1.59 bits per heavy atom. The van der Waals surface area contributed by atoms with Crippen LogP contribution in [0.5, 0.6) is 0 Å². The lowest BCUT2D eigenvalue weighted by Crippen LogP contribution is -2.29. The summed E-state index contributed by atoms with van der Waals surface area (Å²) in [6.07, 6.45) is 48.6. The molecule has 0 amide bonds. The zero-order chi connectivity index (χ0) is 41.2. The fraction of sp³-hybridized carbons (Fsp3) is 0.600. The first-order valence-corrected chi connectivity index (χ1v) is 22.2. The van der Waals surface area contributed by atoms with Crippen LogP contribution in [-0.2, 0) is 32.7 Å². The Labute approximate surface area is 339 Å². The number of phosphoric ester groups is 1. The molecule has 0 heterocycles. The first-order chi connectivity index (χ1) is 27.2. The van der Waals surface area contributed by atoms with Crippen LogP contribution in [0.4, 0.5) is 0 Å². The molecule has 0 aliphatic heterocycles. The predicted octanol–water partition coefficient (Wildman–Crippen LogP) is 10.8. The van der Waals surface area contributed by atoms with Crippen molar-refractivity contribution in [2.24, 2.45) is 5.73 Å². The monoisotopic (exact) mass is 804 g/mol. The molecule has 318 valence electrons. The molecule has 0 aromatic rings. The van der Waals surface area contributed by atoms with Gasteiger partial charge in [-0.2, -0.15) is 0 Å². The third-order valence-electron chi connectivity index (χ3n) is 7.97. The van der Waals surface area contributed by atoms with E-state index in [9.17, 15) is 24.2 Å². The average Bonchev–Trinajstić information content (AvgIpc) is 3.17. The maximum absolute atomic E-state index is 12.6. The molecule has 0 saturated heterocycles. The highest BCUT2D eigenvalue weighted by atomic mass is 31.2. The van der Waals surface area contributed by atoms with Crippen molar-refractivity contribution < 1.29 is 42.7 Å². The molecule has 0 fully saturated rings. The van der Waals surface area contributed by atoms with E-state index in [2.05, 4.69) is 98.1 Å². The van der Waals surface area contributed by atoms with Gasteiger partial charge in [0.1, 0.15) is 6.61 Å². The van der Waals surface area contributed by atoms with Crippen LogP contribution in [0.3, 0.4) is 0 Å². The van der Waals surface area contributed by atoms with Crippen LogP contribution >= 0.6 is 7.82 Å². The molecule has 4 N–H and O–H groups in total. The van der Waals surface area contributed by atoms with Crippen LogP contribution in [0.25, 0.3) is 0 Å². The van der Waals surface area contributed by atoms with Crippen molar-refractivity contribution >= 4 is 19.8 Å². The predicted molar refractivity (Wildman–Crippen MR) is 230 cm³/mol. The Balaban J connectivity index is 4.35. The summed E-state index contributed by atoms with van der Waals surface area (Å²) in [7, 11) is -4.41. The van der Waals surface area contributed by atoms with Crippen molar-refractivity contribution in [3.05, 3.63) is 97.2 Å². The Hall–Kier alpha value is -3.11. The van der Waals surface area contributed by atoms with Crippen LogP contribution in [0.1, 0.15) is 136 Å². The topological polar surface area (TPSA) is 155 Å². The summed E-state index contributed by atoms with van der Waals surface area (Å²) in [5.74, 6) is -0.951. The van der Waals surface area contributed by atoms with E-state index in [-0.39, 0.29) is 38.7 Å². The van der Waals surface area contributed by atoms with Crippen molar-refractivity contribution in [1.29, 1.82) is 0 Å². The van der Waals surface area contributed by atoms with Gasteiger partial charge >= 0.3 is 19.8 Å². The van der Waals surface area contributed by atoms with Gasteiger partial charge in [0.2, 0.25) is 0 Å². The summed E-state index contributed by atoms with van der Waals surface area (Å²) in [6.45, 7) is 3.03. The molecular formula is C45H74NO9P. The van der Waals surface area contributed by atoms with E-state index in [1.807, 2.05) is 13.0 Å². The number of unbranched alkanes of at least 4 members (excludes halogenated alkanes) is 6. The van der Waals surface area contributed by atoms with Gasteiger partial charge < -0.3 is 25.2 Å². The summed E-state index contributed by atoms with van der Waals surface area (Å²) in [4.78, 5) is 34.8. The van der Waals surface area contributed by atoms with Crippen molar-refractivity contribution in [2.75, 3.05) is 26.4 Å². The van der Waals surface area contributed by atoms with Gasteiger partial charge in [-0.15, -0.1) is 0 Å². The largest absolute Gasteiger partial charge is 0.472 e. The van der Waals surface area contributed by atoms with Crippen LogP contribution in [0.2, 0.25) is 0 Å². The lowest BCUT2D eigenvalue weighted by atomic mass is 10.1. The zero-order valence-electron chi connectivity index (χ0n) is 34.4. The second kappa shape index (κ2) is 40.1. The maximum atomic E-state index is 12.6. The summed E-state index contributed by atoms with van der Waals surface area (Å²) >= 11 is 0. The minimum atomic E-state index is -4.41. The third kappa shape index (κ3) is 40.6. The molecule has 0 spiro atoms. The lowest BCUT2D eigenvalue weighted by Gasteiger charge is -2.19. The van der Waals surface area contributed by atoms with Gasteiger partial charge in [-0.05, 0) is 103 Å². The molecule has 10 nitrogen and oxygen atoms in total. The van der Waals surface area contributed by atoms with E-state index in [1.165, 1.54) is 0 Å². The molecule has 0 aromatic heterocycles. The highest BCUT2D eigenvalue weighted by molar-refractivity contribution is 7.47. The first-order valence-electron chi connectivity index (χ1n) is 20.7. The van der Waals surface area contributed by atoms with E-state index in [1.54, 1.807) is 0 Å². The number of rotatable bonds is 37. The van der Waals surface area contributed by atoms with Crippen molar-refractivity contribution in [3.63, 3.8) is 0 Å². The number of allylic oxidation sites excluding steroid dienone is 16. The van der Waals surface area contributed by atoms with E-state index in [0.29, 0.717) is 19.3 Å². The van der Waals surface area contributed by atoms with Crippen LogP contribution < -0.4 is 5.73 Å². The van der Waals surface area contributed by atoms with E-state index < -0.39 is 32.5 Å². The minimum absolute atomic E-state index is 0.0310. The molecule has 1 unspecified atom stereocenters. The minimum Gasteiger partial charge on any atom is -0.462 e. The second-order valence-corrected chi connectivity index (χ2v) is 14.9. The zero-order valence-corrected chi connectivity index (χ0v) is 35.3. The molecule has 11 heteroatoms. The molecule has 0 rings (SSSR count). The number of ether oxygens (including phenoxy) is 2. The summed E-state index contributed by atoms with van der Waals surface area (Å²) in [6, 6.07) is 0. The lowest BCUT2D eigenvalue weighted by molar-refractivity contribution is -0.161. The summed E-state index contributed by atoms with van der Waals surface area (Å²) in [5.41, 5.74) is 5.33. The number of aliphatic hydroxyl groups is 1. The van der Waals surface area contributed by atoms with Gasteiger partial charge in [0.15, 0.2) is 6.10 Å². The summed E-state index contributed by atoms with van der Waals surface area (Å²) in [5, 5.41) is 9.26. The van der Waals surface area contributed by atoms with Crippen molar-refractivity contribution in [2.45, 2.75) is 148 Å². The van der Waals surface area contributed by atoms with Gasteiger partial charge in [-0.1, -0.05) is 117 Å². The number of aliphatic hydroxyl groups excluding tert-OH is 1. The first kappa shape index (κ1) is 52.9. The van der Waals surface area contributed by atoms with Crippen molar-refractivity contribution in [1.82, 2.24) is 0 Å². The highest BCUT2D eigenvalue weighted by Gasteiger charge is 2.25. The fourth-order valence-corrected chi connectivity index (χ4v) is 5.69. The molecule has 0 aliphatic carbocycles. The average molecular weight is 804 g/mol. The number of carbonyl (C=O) groups excluding carboxylic acids is 2. The Morgan fingerprint density at radius 1 is 0.607 bits per heavy atom. The van der Waals surface area contributed by atoms with Gasteiger partial charge in [0, 0.05) is 19.4 Å². The number of nitrogens with two attached hydrogens (primary N) is 1. The normalized spacial score (nSPS) is 14.9. The number of esters is 2. The molecule has 3 atom stereocenters. The molecule has 0 saturated carbocycles. The second-order valence-electron chi connectivity index (χ2n) is 13.4. The third-order valence-corrected chi connectivity index (χ3v) is 8.96. The van der Waals surface area contributed by atoms with Crippen LogP contribution in [0, 0.1) is 0 Å². The molecule has 56 heavy (non-hydrogen) atoms. The van der Waals surface area contributed by atoms with Crippen molar-refractivity contribution in [3.8, 4) is 0 Å². The van der Waals surface area contributed by atoms with E-state index in [4.69, 9.17) is 24.3 Å². The van der Waals surface area contributed by atoms with Gasteiger partial charge in [0.05, 0.1) is 19.3 Å². The maximum Gasteiger partial charge on any atom is 0.472 e.